The first kappa shape index (κ1) is 23.0. The van der Waals surface area contributed by atoms with Crippen LogP contribution >= 0.6 is 24.0 Å². The van der Waals surface area contributed by atoms with E-state index in [0.29, 0.717) is 0 Å². The van der Waals surface area contributed by atoms with Crippen molar-refractivity contribution in [3.8, 4) is 0 Å². The fourth-order valence-electron chi connectivity index (χ4n) is 3.27. The molecule has 2 N–H and O–H groups in total. The molecule has 3 rings (SSSR count). The predicted octanol–water partition coefficient (Wildman–Crippen LogP) is 3.46. The lowest BCUT2D eigenvalue weighted by Gasteiger charge is -2.12. The molecule has 0 saturated heterocycles. The molecule has 0 aliphatic heterocycles. The number of aromatic nitrogens is 2. The monoisotopic (exact) mass is 507 g/mol. The van der Waals surface area contributed by atoms with Crippen molar-refractivity contribution in [1.29, 1.82) is 0 Å². The van der Waals surface area contributed by atoms with Crippen LogP contribution in [0.5, 0.6) is 0 Å². The quantitative estimate of drug-likeness (QED) is 0.202. The molecule has 0 radical (unpaired) electrons. The van der Waals surface area contributed by atoms with Crippen LogP contribution in [0, 0.1) is 0 Å². The lowest BCUT2D eigenvalue weighted by Crippen LogP contribution is -2.38. The Morgan fingerprint density at radius 1 is 0.862 bits per heavy atom. The molecule has 3 aromatic rings. The first-order valence-corrected chi connectivity index (χ1v) is 9.92. The topological polar surface area (TPSA) is 63.4 Å². The molecular formula is C22H30IN5O. The SMILES string of the molecule is CN=C(NCCCCn1ccccc1=O)NCCCn1ccc2ccccc21.I. The highest BCUT2D eigenvalue weighted by molar-refractivity contribution is 14.0. The van der Waals surface area contributed by atoms with E-state index in [0.717, 1.165) is 51.4 Å². The zero-order valence-corrected chi connectivity index (χ0v) is 19.2. The van der Waals surface area contributed by atoms with E-state index in [9.17, 15) is 4.79 Å². The summed E-state index contributed by atoms with van der Waals surface area (Å²) in [5.74, 6) is 0.828. The number of para-hydroxylation sites is 1. The van der Waals surface area contributed by atoms with Crippen molar-refractivity contribution in [1.82, 2.24) is 19.8 Å². The van der Waals surface area contributed by atoms with Crippen LogP contribution in [0.3, 0.4) is 0 Å². The third-order valence-corrected chi connectivity index (χ3v) is 4.79. The second kappa shape index (κ2) is 12.3. The maximum absolute atomic E-state index is 11.7. The number of rotatable bonds is 9. The van der Waals surface area contributed by atoms with Gasteiger partial charge in [0.05, 0.1) is 0 Å². The molecule has 0 bridgehead atoms. The van der Waals surface area contributed by atoms with E-state index < -0.39 is 0 Å². The number of hydrogen-bond donors (Lipinski definition) is 2. The van der Waals surface area contributed by atoms with Gasteiger partial charge in [0, 0.05) is 57.2 Å². The first-order valence-electron chi connectivity index (χ1n) is 9.92. The normalized spacial score (nSPS) is 11.3. The third-order valence-electron chi connectivity index (χ3n) is 4.79. The van der Waals surface area contributed by atoms with Gasteiger partial charge >= 0.3 is 0 Å². The van der Waals surface area contributed by atoms with E-state index in [1.54, 1.807) is 23.7 Å². The number of halogens is 1. The molecule has 6 nitrogen and oxygen atoms in total. The predicted molar refractivity (Wildman–Crippen MR) is 131 cm³/mol. The fraction of sp³-hybridized carbons (Fsp3) is 0.364. The summed E-state index contributed by atoms with van der Waals surface area (Å²) in [6.45, 7) is 3.43. The highest BCUT2D eigenvalue weighted by Crippen LogP contribution is 2.15. The largest absolute Gasteiger partial charge is 0.356 e. The molecular weight excluding hydrogens is 477 g/mol. The van der Waals surface area contributed by atoms with E-state index in [-0.39, 0.29) is 29.5 Å². The molecule has 0 fully saturated rings. The maximum atomic E-state index is 11.7. The molecule has 0 aliphatic carbocycles. The van der Waals surface area contributed by atoms with Crippen molar-refractivity contribution in [3.05, 3.63) is 71.3 Å². The number of nitrogens with zero attached hydrogens (tertiary/aromatic N) is 3. The summed E-state index contributed by atoms with van der Waals surface area (Å²) in [4.78, 5) is 15.9. The van der Waals surface area contributed by atoms with Crippen LogP contribution in [-0.2, 0) is 13.1 Å². The number of nitrogens with one attached hydrogen (secondary N) is 2. The van der Waals surface area contributed by atoms with Crippen LogP contribution in [0.1, 0.15) is 19.3 Å². The van der Waals surface area contributed by atoms with Crippen molar-refractivity contribution >= 4 is 40.8 Å². The molecule has 0 spiro atoms. The summed E-state index contributed by atoms with van der Waals surface area (Å²) in [6, 6.07) is 15.9. The number of guanidine groups is 1. The standard InChI is InChI=1S/C22H29N5O.HI/c1-23-22(24-13-5-7-16-27-15-6-4-11-21(27)28)25-14-8-17-26-18-12-19-9-2-3-10-20(19)26;/h2-4,6,9-12,15,18H,5,7-8,13-14,16-17H2,1H3,(H2,23,24,25);1H. The maximum Gasteiger partial charge on any atom is 0.250 e. The Kier molecular flexibility index (Phi) is 9.76. The summed E-state index contributed by atoms with van der Waals surface area (Å²) in [7, 11) is 1.79. The molecule has 1 aromatic carbocycles. The van der Waals surface area contributed by atoms with E-state index in [4.69, 9.17) is 0 Å². The molecule has 0 aliphatic rings. The lowest BCUT2D eigenvalue weighted by atomic mass is 10.2. The van der Waals surface area contributed by atoms with Gasteiger partial charge in [-0.2, -0.15) is 0 Å². The van der Waals surface area contributed by atoms with Gasteiger partial charge in [0.2, 0.25) is 5.56 Å². The number of aryl methyl sites for hydroxylation is 2. The van der Waals surface area contributed by atoms with Gasteiger partial charge in [-0.3, -0.25) is 9.79 Å². The Labute approximate surface area is 189 Å². The summed E-state index contributed by atoms with van der Waals surface area (Å²) in [5, 5.41) is 7.99. The Morgan fingerprint density at radius 2 is 1.59 bits per heavy atom. The van der Waals surface area contributed by atoms with Crippen LogP contribution in [-0.4, -0.2) is 35.2 Å². The van der Waals surface area contributed by atoms with Gasteiger partial charge in [-0.25, -0.2) is 0 Å². The highest BCUT2D eigenvalue weighted by Gasteiger charge is 2.01. The van der Waals surface area contributed by atoms with Gasteiger partial charge in [-0.15, -0.1) is 24.0 Å². The molecule has 0 unspecified atom stereocenters. The number of benzene rings is 1. The number of unbranched alkanes of at least 4 members (excludes halogenated alkanes) is 1. The Hall–Kier alpha value is -2.29. The summed E-state index contributed by atoms with van der Waals surface area (Å²) in [5.41, 5.74) is 1.34. The van der Waals surface area contributed by atoms with Crippen molar-refractivity contribution in [2.24, 2.45) is 4.99 Å². The molecule has 156 valence electrons. The van der Waals surface area contributed by atoms with E-state index in [2.05, 4.69) is 56.7 Å². The Balaban J connectivity index is 0.00000300. The van der Waals surface area contributed by atoms with Crippen LogP contribution in [0.25, 0.3) is 10.9 Å². The summed E-state index contributed by atoms with van der Waals surface area (Å²) >= 11 is 0. The van der Waals surface area contributed by atoms with E-state index in [1.807, 2.05) is 12.3 Å². The molecule has 2 aromatic heterocycles. The van der Waals surface area contributed by atoms with Crippen molar-refractivity contribution in [3.63, 3.8) is 0 Å². The lowest BCUT2D eigenvalue weighted by molar-refractivity contribution is 0.583. The Morgan fingerprint density at radius 3 is 2.38 bits per heavy atom. The smallest absolute Gasteiger partial charge is 0.250 e. The molecule has 0 saturated carbocycles. The van der Waals surface area contributed by atoms with Gasteiger partial charge in [0.25, 0.3) is 0 Å². The van der Waals surface area contributed by atoms with Gasteiger partial charge in [0.15, 0.2) is 5.96 Å². The van der Waals surface area contributed by atoms with Crippen molar-refractivity contribution in [2.45, 2.75) is 32.4 Å². The number of hydrogen-bond acceptors (Lipinski definition) is 2. The van der Waals surface area contributed by atoms with Gasteiger partial charge in [-0.05, 0) is 42.8 Å². The minimum Gasteiger partial charge on any atom is -0.356 e. The van der Waals surface area contributed by atoms with Gasteiger partial charge < -0.3 is 19.8 Å². The molecule has 7 heteroatoms. The number of aliphatic imine (C=N–C) groups is 1. The molecule has 29 heavy (non-hydrogen) atoms. The Bertz CT molecular complexity index is 963. The average molecular weight is 507 g/mol. The molecule has 0 atom stereocenters. The van der Waals surface area contributed by atoms with Crippen molar-refractivity contribution in [2.75, 3.05) is 20.1 Å². The van der Waals surface area contributed by atoms with Crippen LogP contribution in [0.2, 0.25) is 0 Å². The van der Waals surface area contributed by atoms with Crippen molar-refractivity contribution < 1.29 is 0 Å². The van der Waals surface area contributed by atoms with Gasteiger partial charge in [0.1, 0.15) is 0 Å². The second-order valence-electron chi connectivity index (χ2n) is 6.79. The number of fused-ring (bicyclic) bond motifs is 1. The van der Waals surface area contributed by atoms with Gasteiger partial charge in [-0.1, -0.05) is 24.3 Å². The summed E-state index contributed by atoms with van der Waals surface area (Å²) < 4.78 is 4.04. The highest BCUT2D eigenvalue weighted by atomic mass is 127. The van der Waals surface area contributed by atoms with Crippen LogP contribution in [0.4, 0.5) is 0 Å². The first-order chi connectivity index (χ1) is 13.8. The molecule has 2 heterocycles. The van der Waals surface area contributed by atoms with E-state index in [1.165, 1.54) is 10.9 Å². The minimum atomic E-state index is 0. The molecule has 0 amide bonds. The van der Waals surface area contributed by atoms with Crippen LogP contribution in [0.15, 0.2) is 70.7 Å². The number of pyridine rings is 1. The zero-order chi connectivity index (χ0) is 19.6. The fourth-order valence-corrected chi connectivity index (χ4v) is 3.27. The van der Waals surface area contributed by atoms with E-state index >= 15 is 0 Å². The minimum absolute atomic E-state index is 0. The third kappa shape index (κ3) is 6.92. The second-order valence-corrected chi connectivity index (χ2v) is 6.79. The summed E-state index contributed by atoms with van der Waals surface area (Å²) in [6.07, 6.45) is 6.95. The van der Waals surface area contributed by atoms with Crippen LogP contribution < -0.4 is 16.2 Å². The average Bonchev–Trinajstić information content (AvgIpc) is 3.14. The zero-order valence-electron chi connectivity index (χ0n) is 16.9.